The van der Waals surface area contributed by atoms with Crippen LogP contribution in [-0.2, 0) is 0 Å². The molecule has 0 aromatic heterocycles. The molecule has 1 atom stereocenters. The highest BCUT2D eigenvalue weighted by Gasteiger charge is 2.25. The van der Waals surface area contributed by atoms with Crippen molar-refractivity contribution in [2.75, 3.05) is 11.9 Å². The largest absolute Gasteiger partial charge is 0.388 e. The summed E-state index contributed by atoms with van der Waals surface area (Å²) < 4.78 is 14.1. The summed E-state index contributed by atoms with van der Waals surface area (Å²) in [5, 5.41) is 14.9. The zero-order valence-corrected chi connectivity index (χ0v) is 12.7. The number of anilines is 1. The second-order valence-corrected chi connectivity index (χ2v) is 5.86. The first-order chi connectivity index (χ1) is 8.72. The fraction of sp³-hybridized carbons (Fsp3) is 0.462. The van der Waals surface area contributed by atoms with Gasteiger partial charge in [-0.15, -0.1) is 0 Å². The van der Waals surface area contributed by atoms with Crippen molar-refractivity contribution in [2.24, 2.45) is 5.92 Å². The topological polar surface area (TPSA) is 61.4 Å². The molecule has 0 spiro atoms. The van der Waals surface area contributed by atoms with Crippen LogP contribution >= 0.6 is 15.9 Å². The van der Waals surface area contributed by atoms with Gasteiger partial charge in [0.1, 0.15) is 5.82 Å². The summed E-state index contributed by atoms with van der Waals surface area (Å²) in [7, 11) is 0. The predicted octanol–water partition coefficient (Wildman–Crippen LogP) is 3.12. The Morgan fingerprint density at radius 3 is 2.74 bits per heavy atom. The van der Waals surface area contributed by atoms with Gasteiger partial charge in [-0.1, -0.05) is 29.8 Å². The van der Waals surface area contributed by atoms with Gasteiger partial charge in [0.15, 0.2) is 0 Å². The number of carbonyl (C=O) groups excluding carboxylic acids is 1. The minimum absolute atomic E-state index is 0.00425. The second-order valence-electron chi connectivity index (χ2n) is 4.94. The van der Waals surface area contributed by atoms with E-state index >= 15 is 0 Å². The number of hydrogen-bond acceptors (Lipinski definition) is 2. The normalized spacial score (nSPS) is 14.1. The highest BCUT2D eigenvalue weighted by molar-refractivity contribution is 9.10. The van der Waals surface area contributed by atoms with Gasteiger partial charge in [-0.25, -0.2) is 9.18 Å². The molecule has 0 aliphatic heterocycles. The quantitative estimate of drug-likeness (QED) is 0.793. The third-order valence-corrected chi connectivity index (χ3v) is 3.52. The Morgan fingerprint density at radius 2 is 2.16 bits per heavy atom. The minimum Gasteiger partial charge on any atom is -0.388 e. The van der Waals surface area contributed by atoms with Gasteiger partial charge in [-0.2, -0.15) is 0 Å². The Balaban J connectivity index is 2.59. The molecule has 0 aliphatic rings. The molecule has 0 saturated carbocycles. The fourth-order valence-electron chi connectivity index (χ4n) is 1.22. The summed E-state index contributed by atoms with van der Waals surface area (Å²) in [6, 6.07) is 3.71. The number of aliphatic hydroxyl groups is 1. The molecule has 1 rings (SSSR count). The lowest BCUT2D eigenvalue weighted by Crippen LogP contribution is -2.45. The molecule has 0 heterocycles. The maximum Gasteiger partial charge on any atom is 0.319 e. The average Bonchev–Trinajstić information content (AvgIpc) is 2.31. The van der Waals surface area contributed by atoms with Crippen LogP contribution in [-0.4, -0.2) is 23.3 Å². The monoisotopic (exact) mass is 332 g/mol. The summed E-state index contributed by atoms with van der Waals surface area (Å²) >= 11 is 3.20. The molecule has 4 nitrogen and oxygen atoms in total. The third kappa shape index (κ3) is 4.80. The standard InChI is InChI=1S/C13H18BrFN2O2/c1-8(2)13(3,19)7-16-12(18)17-11-6-9(14)4-5-10(11)15/h4-6,8,19H,7H2,1-3H3,(H2,16,17,18). The van der Waals surface area contributed by atoms with E-state index in [1.54, 1.807) is 13.0 Å². The molecular weight excluding hydrogens is 315 g/mol. The zero-order chi connectivity index (χ0) is 14.6. The molecule has 0 radical (unpaired) electrons. The Bertz CT molecular complexity index is 464. The molecule has 6 heteroatoms. The van der Waals surface area contributed by atoms with Gasteiger partial charge < -0.3 is 15.7 Å². The highest BCUT2D eigenvalue weighted by Crippen LogP contribution is 2.20. The molecule has 3 N–H and O–H groups in total. The van der Waals surface area contributed by atoms with Crippen LogP contribution in [0.5, 0.6) is 0 Å². The van der Waals surface area contributed by atoms with Gasteiger partial charge in [0.2, 0.25) is 0 Å². The summed E-state index contributed by atoms with van der Waals surface area (Å²) in [4.78, 5) is 11.6. The van der Waals surface area contributed by atoms with Crippen LogP contribution in [0.25, 0.3) is 0 Å². The maximum atomic E-state index is 13.4. The maximum absolute atomic E-state index is 13.4. The van der Waals surface area contributed by atoms with E-state index in [0.29, 0.717) is 4.47 Å². The van der Waals surface area contributed by atoms with E-state index in [9.17, 15) is 14.3 Å². The molecule has 106 valence electrons. The first kappa shape index (κ1) is 15.9. The SMILES string of the molecule is CC(C)C(C)(O)CNC(=O)Nc1cc(Br)ccc1F. The number of rotatable bonds is 4. The molecule has 1 aromatic carbocycles. The van der Waals surface area contributed by atoms with E-state index in [0.717, 1.165) is 0 Å². The van der Waals surface area contributed by atoms with Crippen molar-refractivity contribution in [3.8, 4) is 0 Å². The van der Waals surface area contributed by atoms with Crippen molar-refractivity contribution in [1.82, 2.24) is 5.32 Å². The first-order valence-corrected chi connectivity index (χ1v) is 6.74. The van der Waals surface area contributed by atoms with E-state index in [2.05, 4.69) is 26.6 Å². The second kappa shape index (κ2) is 6.34. The number of benzene rings is 1. The Hall–Kier alpha value is -1.14. The lowest BCUT2D eigenvalue weighted by molar-refractivity contribution is 0.0170. The fourth-order valence-corrected chi connectivity index (χ4v) is 1.58. The number of carbonyl (C=O) groups is 1. The Kier molecular flexibility index (Phi) is 5.31. The molecule has 1 unspecified atom stereocenters. The van der Waals surface area contributed by atoms with Crippen molar-refractivity contribution in [3.63, 3.8) is 0 Å². The van der Waals surface area contributed by atoms with E-state index in [1.807, 2.05) is 13.8 Å². The van der Waals surface area contributed by atoms with Gasteiger partial charge in [0.25, 0.3) is 0 Å². The van der Waals surface area contributed by atoms with Gasteiger partial charge in [-0.3, -0.25) is 0 Å². The van der Waals surface area contributed by atoms with Crippen molar-refractivity contribution in [1.29, 1.82) is 0 Å². The van der Waals surface area contributed by atoms with Crippen LogP contribution in [0, 0.1) is 11.7 Å². The predicted molar refractivity (Wildman–Crippen MR) is 76.6 cm³/mol. The third-order valence-electron chi connectivity index (χ3n) is 3.03. The zero-order valence-electron chi connectivity index (χ0n) is 11.1. The number of nitrogens with one attached hydrogen (secondary N) is 2. The molecular formula is C13H18BrFN2O2. The lowest BCUT2D eigenvalue weighted by atomic mass is 9.93. The number of urea groups is 1. The summed E-state index contributed by atoms with van der Waals surface area (Å²) in [6.45, 7) is 5.44. The Morgan fingerprint density at radius 1 is 1.53 bits per heavy atom. The summed E-state index contributed by atoms with van der Waals surface area (Å²) in [6.07, 6.45) is 0. The van der Waals surface area contributed by atoms with Crippen molar-refractivity contribution in [2.45, 2.75) is 26.4 Å². The van der Waals surface area contributed by atoms with Gasteiger partial charge in [-0.05, 0) is 31.0 Å². The van der Waals surface area contributed by atoms with E-state index in [4.69, 9.17) is 0 Å². The van der Waals surface area contributed by atoms with Crippen LogP contribution < -0.4 is 10.6 Å². The van der Waals surface area contributed by atoms with E-state index in [-0.39, 0.29) is 18.2 Å². The Labute approximate surface area is 120 Å². The molecule has 1 aromatic rings. The molecule has 0 aliphatic carbocycles. The average molecular weight is 333 g/mol. The number of halogens is 2. The van der Waals surface area contributed by atoms with Crippen LogP contribution in [0.15, 0.2) is 22.7 Å². The van der Waals surface area contributed by atoms with Crippen molar-refractivity contribution < 1.29 is 14.3 Å². The van der Waals surface area contributed by atoms with Gasteiger partial charge in [0.05, 0.1) is 11.3 Å². The first-order valence-electron chi connectivity index (χ1n) is 5.94. The van der Waals surface area contributed by atoms with E-state index < -0.39 is 17.4 Å². The van der Waals surface area contributed by atoms with E-state index in [1.165, 1.54) is 12.1 Å². The lowest BCUT2D eigenvalue weighted by Gasteiger charge is -2.27. The molecule has 19 heavy (non-hydrogen) atoms. The van der Waals surface area contributed by atoms with Crippen molar-refractivity contribution >= 4 is 27.6 Å². The molecule has 2 amide bonds. The van der Waals surface area contributed by atoms with Crippen LogP contribution in [0.2, 0.25) is 0 Å². The number of hydrogen-bond donors (Lipinski definition) is 3. The molecule has 0 fully saturated rings. The van der Waals surface area contributed by atoms with Crippen LogP contribution in [0.1, 0.15) is 20.8 Å². The summed E-state index contributed by atoms with van der Waals surface area (Å²) in [5.41, 5.74) is -0.927. The van der Waals surface area contributed by atoms with Crippen LogP contribution in [0.4, 0.5) is 14.9 Å². The smallest absolute Gasteiger partial charge is 0.319 e. The highest BCUT2D eigenvalue weighted by atomic mass is 79.9. The summed E-state index contributed by atoms with van der Waals surface area (Å²) in [5.74, 6) is -0.524. The van der Waals surface area contributed by atoms with Crippen molar-refractivity contribution in [3.05, 3.63) is 28.5 Å². The minimum atomic E-state index is -1.01. The van der Waals surface area contributed by atoms with Gasteiger partial charge >= 0.3 is 6.03 Å². The van der Waals surface area contributed by atoms with Crippen LogP contribution in [0.3, 0.4) is 0 Å². The number of amides is 2. The molecule has 0 bridgehead atoms. The van der Waals surface area contributed by atoms with Gasteiger partial charge in [0, 0.05) is 11.0 Å². The molecule has 0 saturated heterocycles.